The zero-order valence-corrected chi connectivity index (χ0v) is 14.7. The summed E-state index contributed by atoms with van der Waals surface area (Å²) in [6.07, 6.45) is 2.76. The SMILES string of the molecule is CCc1noc(CCCC(=O)N2C[C@@H](N3CCOCC3)[C@@H](C)C2)n1. The molecule has 0 unspecified atom stereocenters. The molecule has 0 radical (unpaired) electrons. The molecule has 0 aromatic carbocycles. The van der Waals surface area contributed by atoms with Crippen LogP contribution in [0.3, 0.4) is 0 Å². The molecule has 134 valence electrons. The van der Waals surface area contributed by atoms with Gasteiger partial charge in [0.15, 0.2) is 5.82 Å². The summed E-state index contributed by atoms with van der Waals surface area (Å²) < 4.78 is 10.6. The largest absolute Gasteiger partial charge is 0.379 e. The molecule has 0 N–H and O–H groups in total. The van der Waals surface area contributed by atoms with Crippen molar-refractivity contribution in [3.8, 4) is 0 Å². The van der Waals surface area contributed by atoms with Crippen molar-refractivity contribution in [1.29, 1.82) is 0 Å². The number of likely N-dealkylation sites (tertiary alicyclic amines) is 1. The van der Waals surface area contributed by atoms with Crippen LogP contribution in [0.5, 0.6) is 0 Å². The fourth-order valence-electron chi connectivity index (χ4n) is 3.62. The third-order valence-corrected chi connectivity index (χ3v) is 5.05. The maximum atomic E-state index is 12.5. The van der Waals surface area contributed by atoms with E-state index in [1.807, 2.05) is 11.8 Å². The van der Waals surface area contributed by atoms with E-state index in [9.17, 15) is 4.79 Å². The van der Waals surface area contributed by atoms with Gasteiger partial charge in [0.25, 0.3) is 0 Å². The lowest BCUT2D eigenvalue weighted by atomic mass is 10.0. The summed E-state index contributed by atoms with van der Waals surface area (Å²) in [6, 6.07) is 0.473. The maximum absolute atomic E-state index is 12.5. The van der Waals surface area contributed by atoms with Gasteiger partial charge >= 0.3 is 0 Å². The lowest BCUT2D eigenvalue weighted by Crippen LogP contribution is -2.47. The number of aromatic nitrogens is 2. The topological polar surface area (TPSA) is 71.7 Å². The van der Waals surface area contributed by atoms with Crippen LogP contribution in [-0.4, -0.2) is 71.3 Å². The molecule has 3 heterocycles. The first kappa shape index (κ1) is 17.4. The molecule has 24 heavy (non-hydrogen) atoms. The molecule has 0 bridgehead atoms. The normalized spacial score (nSPS) is 25.3. The van der Waals surface area contributed by atoms with Gasteiger partial charge in [-0.05, 0) is 12.3 Å². The van der Waals surface area contributed by atoms with Gasteiger partial charge in [-0.2, -0.15) is 4.98 Å². The quantitative estimate of drug-likeness (QED) is 0.776. The minimum atomic E-state index is 0.243. The number of amides is 1. The van der Waals surface area contributed by atoms with E-state index in [4.69, 9.17) is 9.26 Å². The van der Waals surface area contributed by atoms with Crippen LogP contribution >= 0.6 is 0 Å². The first-order valence-electron chi connectivity index (χ1n) is 9.08. The highest BCUT2D eigenvalue weighted by Crippen LogP contribution is 2.23. The van der Waals surface area contributed by atoms with Crippen LogP contribution in [0.2, 0.25) is 0 Å². The van der Waals surface area contributed by atoms with Gasteiger partial charge in [0.05, 0.1) is 13.2 Å². The maximum Gasteiger partial charge on any atom is 0.226 e. The second kappa shape index (κ2) is 8.07. The Kier molecular flexibility index (Phi) is 5.84. The van der Waals surface area contributed by atoms with E-state index >= 15 is 0 Å². The van der Waals surface area contributed by atoms with E-state index < -0.39 is 0 Å². The minimum Gasteiger partial charge on any atom is -0.379 e. The highest BCUT2D eigenvalue weighted by Gasteiger charge is 2.36. The first-order chi connectivity index (χ1) is 11.7. The van der Waals surface area contributed by atoms with E-state index in [1.54, 1.807) is 0 Å². The van der Waals surface area contributed by atoms with Crippen LogP contribution in [0.25, 0.3) is 0 Å². The molecule has 2 saturated heterocycles. The number of hydrogen-bond acceptors (Lipinski definition) is 6. The highest BCUT2D eigenvalue weighted by molar-refractivity contribution is 5.76. The van der Waals surface area contributed by atoms with Gasteiger partial charge in [0.2, 0.25) is 11.8 Å². The van der Waals surface area contributed by atoms with Crippen molar-refractivity contribution in [1.82, 2.24) is 19.9 Å². The molecule has 1 amide bonds. The van der Waals surface area contributed by atoms with Gasteiger partial charge in [0.1, 0.15) is 0 Å². The van der Waals surface area contributed by atoms with Crippen molar-refractivity contribution in [3.63, 3.8) is 0 Å². The molecule has 2 aliphatic heterocycles. The van der Waals surface area contributed by atoms with Crippen molar-refractivity contribution < 1.29 is 14.1 Å². The number of hydrogen-bond donors (Lipinski definition) is 0. The van der Waals surface area contributed by atoms with Crippen LogP contribution in [0.15, 0.2) is 4.52 Å². The number of rotatable bonds is 6. The fraction of sp³-hybridized carbons (Fsp3) is 0.824. The Morgan fingerprint density at radius 1 is 1.29 bits per heavy atom. The monoisotopic (exact) mass is 336 g/mol. The summed E-state index contributed by atoms with van der Waals surface area (Å²) in [5, 5.41) is 3.88. The van der Waals surface area contributed by atoms with Gasteiger partial charge in [-0.1, -0.05) is 19.0 Å². The molecular weight excluding hydrogens is 308 g/mol. The number of nitrogens with zero attached hydrogens (tertiary/aromatic N) is 4. The predicted octanol–water partition coefficient (Wildman–Crippen LogP) is 1.13. The van der Waals surface area contributed by atoms with Gasteiger partial charge < -0.3 is 14.2 Å². The molecule has 0 saturated carbocycles. The van der Waals surface area contributed by atoms with Crippen LogP contribution in [0, 0.1) is 5.92 Å². The number of morpholine rings is 1. The van der Waals surface area contributed by atoms with E-state index in [2.05, 4.69) is 22.0 Å². The molecule has 2 atom stereocenters. The Balaban J connectivity index is 1.43. The first-order valence-corrected chi connectivity index (χ1v) is 9.08. The standard InChI is InChI=1S/C17H28N4O3/c1-3-15-18-16(24-19-15)5-4-6-17(22)21-11-13(2)14(12-21)20-7-9-23-10-8-20/h13-14H,3-12H2,1-2H3/t13-,14+/m0/s1. The summed E-state index contributed by atoms with van der Waals surface area (Å²) in [5.74, 6) is 2.14. The number of ether oxygens (including phenoxy) is 1. The van der Waals surface area contributed by atoms with Crippen molar-refractivity contribution in [3.05, 3.63) is 11.7 Å². The van der Waals surface area contributed by atoms with Gasteiger partial charge in [-0.3, -0.25) is 9.69 Å². The lowest BCUT2D eigenvalue weighted by molar-refractivity contribution is -0.130. The average molecular weight is 336 g/mol. The molecule has 1 aromatic rings. The Hall–Kier alpha value is -1.47. The van der Waals surface area contributed by atoms with Crippen LogP contribution in [0.4, 0.5) is 0 Å². The Morgan fingerprint density at radius 2 is 2.08 bits per heavy atom. The van der Waals surface area contributed by atoms with Crippen molar-refractivity contribution in [2.45, 2.75) is 45.6 Å². The van der Waals surface area contributed by atoms with Crippen LogP contribution < -0.4 is 0 Å². The van der Waals surface area contributed by atoms with E-state index in [-0.39, 0.29) is 5.91 Å². The van der Waals surface area contributed by atoms with Gasteiger partial charge in [-0.25, -0.2) is 0 Å². The van der Waals surface area contributed by atoms with Crippen molar-refractivity contribution in [2.75, 3.05) is 39.4 Å². The summed E-state index contributed by atoms with van der Waals surface area (Å²) in [6.45, 7) is 9.53. The van der Waals surface area contributed by atoms with Crippen molar-refractivity contribution in [2.24, 2.45) is 5.92 Å². The van der Waals surface area contributed by atoms with Crippen molar-refractivity contribution >= 4 is 5.91 Å². The van der Waals surface area contributed by atoms with Crippen LogP contribution in [0.1, 0.15) is 38.4 Å². The highest BCUT2D eigenvalue weighted by atomic mass is 16.5. The summed E-state index contributed by atoms with van der Waals surface area (Å²) >= 11 is 0. The zero-order valence-electron chi connectivity index (χ0n) is 14.7. The lowest BCUT2D eigenvalue weighted by Gasteiger charge is -2.34. The van der Waals surface area contributed by atoms with Crippen LogP contribution in [-0.2, 0) is 22.4 Å². The Labute approximate surface area is 143 Å². The molecule has 7 heteroatoms. The third kappa shape index (κ3) is 4.13. The molecule has 3 rings (SSSR count). The predicted molar refractivity (Wildman–Crippen MR) is 88.5 cm³/mol. The summed E-state index contributed by atoms with van der Waals surface area (Å²) in [5.41, 5.74) is 0. The fourth-order valence-corrected chi connectivity index (χ4v) is 3.62. The van der Waals surface area contributed by atoms with E-state index in [1.165, 1.54) is 0 Å². The molecule has 7 nitrogen and oxygen atoms in total. The van der Waals surface area contributed by atoms with E-state index in [0.29, 0.717) is 30.7 Å². The summed E-state index contributed by atoms with van der Waals surface area (Å²) in [7, 11) is 0. The second-order valence-corrected chi connectivity index (χ2v) is 6.80. The second-order valence-electron chi connectivity index (χ2n) is 6.80. The summed E-state index contributed by atoms with van der Waals surface area (Å²) in [4.78, 5) is 21.3. The zero-order chi connectivity index (χ0) is 16.9. The smallest absolute Gasteiger partial charge is 0.226 e. The molecular formula is C17H28N4O3. The average Bonchev–Trinajstić information content (AvgIpc) is 3.22. The molecule has 1 aromatic heterocycles. The number of carbonyl (C=O) groups is 1. The number of carbonyl (C=O) groups excluding carboxylic acids is 1. The number of aryl methyl sites for hydroxylation is 2. The van der Waals surface area contributed by atoms with Gasteiger partial charge in [0, 0.05) is 51.5 Å². The van der Waals surface area contributed by atoms with Gasteiger partial charge in [-0.15, -0.1) is 0 Å². The molecule has 2 fully saturated rings. The molecule has 0 spiro atoms. The molecule has 2 aliphatic rings. The Morgan fingerprint density at radius 3 is 2.79 bits per heavy atom. The third-order valence-electron chi connectivity index (χ3n) is 5.05. The molecule has 0 aliphatic carbocycles. The van der Waals surface area contributed by atoms with E-state index in [0.717, 1.165) is 58.1 Å². The Bertz CT molecular complexity index is 542. The minimum absolute atomic E-state index is 0.243.